The smallest absolute Gasteiger partial charge is 0.220 e. The second-order valence-electron chi connectivity index (χ2n) is 4.14. The molecule has 0 radical (unpaired) electrons. The summed E-state index contributed by atoms with van der Waals surface area (Å²) in [5, 5.41) is 2.77. The van der Waals surface area contributed by atoms with E-state index >= 15 is 0 Å². The lowest BCUT2D eigenvalue weighted by Gasteiger charge is -2.15. The summed E-state index contributed by atoms with van der Waals surface area (Å²) < 4.78 is 0. The van der Waals surface area contributed by atoms with E-state index < -0.39 is 0 Å². The molecule has 0 aliphatic carbocycles. The van der Waals surface area contributed by atoms with E-state index in [0.29, 0.717) is 19.5 Å². The molecule has 0 aromatic heterocycles. The summed E-state index contributed by atoms with van der Waals surface area (Å²) in [4.78, 5) is 11.6. The van der Waals surface area contributed by atoms with Crippen LogP contribution in [-0.2, 0) is 4.79 Å². The minimum absolute atomic E-state index is 0.0156. The lowest BCUT2D eigenvalue weighted by atomic mass is 9.94. The normalized spacial score (nSPS) is 11.9. The van der Waals surface area contributed by atoms with Crippen molar-refractivity contribution in [3.05, 3.63) is 48.0 Å². The number of amides is 1. The van der Waals surface area contributed by atoms with E-state index in [2.05, 4.69) is 18.0 Å². The van der Waals surface area contributed by atoms with Crippen molar-refractivity contribution in [2.24, 2.45) is 5.73 Å². The van der Waals surface area contributed by atoms with Gasteiger partial charge in [0.05, 0.1) is 0 Å². The number of benzene rings is 1. The highest BCUT2D eigenvalue weighted by Crippen LogP contribution is 2.19. The summed E-state index contributed by atoms with van der Waals surface area (Å²) in [6.07, 6.45) is 2.09. The first-order chi connectivity index (χ1) is 8.17. The van der Waals surface area contributed by atoms with Gasteiger partial charge in [0.1, 0.15) is 0 Å². The quantitative estimate of drug-likeness (QED) is 0.734. The highest BCUT2D eigenvalue weighted by molar-refractivity contribution is 5.77. The Hall–Kier alpha value is -1.61. The molecule has 0 bridgehead atoms. The molecule has 1 amide bonds. The molecule has 0 spiro atoms. The van der Waals surface area contributed by atoms with Gasteiger partial charge >= 0.3 is 0 Å². The van der Waals surface area contributed by atoms with Gasteiger partial charge in [-0.3, -0.25) is 4.79 Å². The van der Waals surface area contributed by atoms with Crippen LogP contribution in [0, 0.1) is 6.92 Å². The van der Waals surface area contributed by atoms with Crippen LogP contribution in [0.4, 0.5) is 0 Å². The van der Waals surface area contributed by atoms with Crippen LogP contribution in [0.2, 0.25) is 0 Å². The number of nitrogens with two attached hydrogens (primary N) is 1. The molecule has 1 rings (SSSR count). The number of hydrogen-bond acceptors (Lipinski definition) is 2. The van der Waals surface area contributed by atoms with Gasteiger partial charge in [-0.05, 0) is 19.0 Å². The average molecular weight is 232 g/mol. The zero-order chi connectivity index (χ0) is 12.7. The molecule has 0 aliphatic rings. The zero-order valence-electron chi connectivity index (χ0n) is 10.3. The van der Waals surface area contributed by atoms with Gasteiger partial charge < -0.3 is 11.1 Å². The van der Waals surface area contributed by atoms with Crippen LogP contribution in [0.5, 0.6) is 0 Å². The fraction of sp³-hybridized carbons (Fsp3) is 0.357. The Labute approximate surface area is 103 Å². The molecule has 1 unspecified atom stereocenters. The summed E-state index contributed by atoms with van der Waals surface area (Å²) in [6.45, 7) is 6.58. The molecule has 3 heteroatoms. The Balaban J connectivity index is 2.65. The second kappa shape index (κ2) is 6.86. The van der Waals surface area contributed by atoms with Crippen molar-refractivity contribution in [1.29, 1.82) is 0 Å². The summed E-state index contributed by atoms with van der Waals surface area (Å²) in [6, 6.07) is 8.13. The third-order valence-corrected chi connectivity index (χ3v) is 2.67. The maximum absolute atomic E-state index is 11.6. The Morgan fingerprint density at radius 3 is 2.94 bits per heavy atom. The minimum Gasteiger partial charge on any atom is -0.353 e. The number of rotatable bonds is 6. The molecular formula is C14H20N2O. The maximum Gasteiger partial charge on any atom is 0.220 e. The van der Waals surface area contributed by atoms with Gasteiger partial charge in [0.25, 0.3) is 0 Å². The zero-order valence-corrected chi connectivity index (χ0v) is 10.3. The maximum atomic E-state index is 11.6. The van der Waals surface area contributed by atoms with Crippen LogP contribution in [0.15, 0.2) is 36.9 Å². The number of nitrogens with one attached hydrogen (secondary N) is 1. The second-order valence-corrected chi connectivity index (χ2v) is 4.14. The van der Waals surface area contributed by atoms with E-state index in [1.165, 1.54) is 5.56 Å². The van der Waals surface area contributed by atoms with E-state index in [1.54, 1.807) is 6.08 Å². The lowest BCUT2D eigenvalue weighted by molar-refractivity contribution is -0.121. The summed E-state index contributed by atoms with van der Waals surface area (Å²) >= 11 is 0. The first kappa shape index (κ1) is 13.5. The van der Waals surface area contributed by atoms with Crippen molar-refractivity contribution in [3.63, 3.8) is 0 Å². The SMILES string of the molecule is C=CCNC(=O)CC(CN)c1cccc(C)c1. The van der Waals surface area contributed by atoms with Crippen LogP contribution in [0.1, 0.15) is 23.5 Å². The van der Waals surface area contributed by atoms with Gasteiger partial charge in [0.2, 0.25) is 5.91 Å². The molecule has 1 atom stereocenters. The van der Waals surface area contributed by atoms with Crippen LogP contribution < -0.4 is 11.1 Å². The van der Waals surface area contributed by atoms with Crippen LogP contribution in [0.3, 0.4) is 0 Å². The Kier molecular flexibility index (Phi) is 5.43. The van der Waals surface area contributed by atoms with Crippen molar-refractivity contribution < 1.29 is 4.79 Å². The van der Waals surface area contributed by atoms with Gasteiger partial charge in [-0.25, -0.2) is 0 Å². The summed E-state index contributed by atoms with van der Waals surface area (Å²) in [7, 11) is 0. The molecule has 0 saturated carbocycles. The van der Waals surface area contributed by atoms with Gasteiger partial charge in [0, 0.05) is 18.9 Å². The summed E-state index contributed by atoms with van der Waals surface area (Å²) in [5.74, 6) is 0.0987. The summed E-state index contributed by atoms with van der Waals surface area (Å²) in [5.41, 5.74) is 8.05. The van der Waals surface area contributed by atoms with Crippen molar-refractivity contribution in [3.8, 4) is 0 Å². The van der Waals surface area contributed by atoms with Crippen LogP contribution in [0.25, 0.3) is 0 Å². The van der Waals surface area contributed by atoms with E-state index in [1.807, 2.05) is 25.1 Å². The Bertz CT molecular complexity index is 388. The van der Waals surface area contributed by atoms with E-state index in [-0.39, 0.29) is 11.8 Å². The highest BCUT2D eigenvalue weighted by atomic mass is 16.1. The van der Waals surface area contributed by atoms with Gasteiger partial charge in [-0.1, -0.05) is 35.9 Å². The minimum atomic E-state index is 0.0156. The number of carbonyl (C=O) groups excluding carboxylic acids is 1. The predicted octanol–water partition coefficient (Wildman–Crippen LogP) is 1.73. The predicted molar refractivity (Wildman–Crippen MR) is 70.8 cm³/mol. The Morgan fingerprint density at radius 1 is 1.59 bits per heavy atom. The van der Waals surface area contributed by atoms with Crippen molar-refractivity contribution in [2.45, 2.75) is 19.3 Å². The Morgan fingerprint density at radius 2 is 2.35 bits per heavy atom. The van der Waals surface area contributed by atoms with E-state index in [9.17, 15) is 4.79 Å². The highest BCUT2D eigenvalue weighted by Gasteiger charge is 2.14. The molecule has 1 aromatic carbocycles. The monoisotopic (exact) mass is 232 g/mol. The van der Waals surface area contributed by atoms with Gasteiger partial charge in [0.15, 0.2) is 0 Å². The molecule has 17 heavy (non-hydrogen) atoms. The first-order valence-electron chi connectivity index (χ1n) is 5.81. The standard InChI is InChI=1S/C14H20N2O/c1-3-7-16-14(17)9-13(10-15)12-6-4-5-11(2)8-12/h3-6,8,13H,1,7,9-10,15H2,2H3,(H,16,17). The van der Waals surface area contributed by atoms with Crippen molar-refractivity contribution in [1.82, 2.24) is 5.32 Å². The third-order valence-electron chi connectivity index (χ3n) is 2.67. The molecule has 92 valence electrons. The van der Waals surface area contributed by atoms with Crippen molar-refractivity contribution >= 4 is 5.91 Å². The van der Waals surface area contributed by atoms with Crippen LogP contribution in [-0.4, -0.2) is 19.0 Å². The molecule has 1 aromatic rings. The number of hydrogen-bond donors (Lipinski definition) is 2. The third kappa shape index (κ3) is 4.41. The molecule has 3 nitrogen and oxygen atoms in total. The van der Waals surface area contributed by atoms with Gasteiger partial charge in [-0.2, -0.15) is 0 Å². The van der Waals surface area contributed by atoms with Crippen LogP contribution >= 0.6 is 0 Å². The molecule has 0 fully saturated rings. The molecular weight excluding hydrogens is 212 g/mol. The molecule has 0 aliphatic heterocycles. The number of carbonyl (C=O) groups is 1. The van der Waals surface area contributed by atoms with Gasteiger partial charge in [-0.15, -0.1) is 6.58 Å². The average Bonchev–Trinajstić information content (AvgIpc) is 2.33. The topological polar surface area (TPSA) is 55.1 Å². The fourth-order valence-electron chi connectivity index (χ4n) is 1.74. The molecule has 0 heterocycles. The van der Waals surface area contributed by atoms with Crippen molar-refractivity contribution in [2.75, 3.05) is 13.1 Å². The van der Waals surface area contributed by atoms with E-state index in [4.69, 9.17) is 5.73 Å². The lowest BCUT2D eigenvalue weighted by Crippen LogP contribution is -2.27. The molecule has 0 saturated heterocycles. The van der Waals surface area contributed by atoms with E-state index in [0.717, 1.165) is 5.56 Å². The first-order valence-corrected chi connectivity index (χ1v) is 5.81. The number of aryl methyl sites for hydroxylation is 1. The molecule has 3 N–H and O–H groups in total. The largest absolute Gasteiger partial charge is 0.353 e. The fourth-order valence-corrected chi connectivity index (χ4v) is 1.74.